The number of carbonyl (C=O) groups excluding carboxylic acids is 1. The van der Waals surface area contributed by atoms with Crippen LogP contribution >= 0.6 is 0 Å². The van der Waals surface area contributed by atoms with Gasteiger partial charge in [0.05, 0.1) is 12.5 Å². The largest absolute Gasteiger partial charge is 0.393 e. The van der Waals surface area contributed by atoms with Crippen LogP contribution in [0.15, 0.2) is 24.3 Å². The second-order valence-electron chi connectivity index (χ2n) is 5.39. The summed E-state index contributed by atoms with van der Waals surface area (Å²) in [6, 6.07) is 6.75. The highest BCUT2D eigenvalue weighted by atomic mass is 19.4. The summed E-state index contributed by atoms with van der Waals surface area (Å²) < 4.78 is 36.1. The van der Waals surface area contributed by atoms with Crippen LogP contribution in [0.1, 0.15) is 29.6 Å². The normalized spacial score (nSPS) is 16.6. The lowest BCUT2D eigenvalue weighted by molar-refractivity contribution is -0.132. The van der Waals surface area contributed by atoms with E-state index in [1.54, 1.807) is 24.3 Å². The summed E-state index contributed by atoms with van der Waals surface area (Å²) in [5.74, 6) is -0.509. The Morgan fingerprint density at radius 1 is 1.23 bits per heavy atom. The van der Waals surface area contributed by atoms with Gasteiger partial charge in [-0.2, -0.15) is 13.2 Å². The molecule has 1 amide bonds. The summed E-state index contributed by atoms with van der Waals surface area (Å²) in [4.78, 5) is 13.8. The van der Waals surface area contributed by atoms with Crippen molar-refractivity contribution in [3.8, 4) is 0 Å². The van der Waals surface area contributed by atoms with Crippen molar-refractivity contribution in [2.75, 3.05) is 24.5 Å². The average molecular weight is 316 g/mol. The Morgan fingerprint density at radius 2 is 1.82 bits per heavy atom. The monoisotopic (exact) mass is 316 g/mol. The second kappa shape index (κ2) is 7.00. The molecule has 0 aliphatic carbocycles. The average Bonchev–Trinajstić information content (AvgIpc) is 2.47. The minimum Gasteiger partial charge on any atom is -0.393 e. The third-order valence-electron chi connectivity index (χ3n) is 3.65. The molecule has 2 N–H and O–H groups in total. The lowest BCUT2D eigenvalue weighted by atomic mass is 10.1. The molecular formula is C15H19F3N2O2. The SMILES string of the molecule is O=C(NCCC(F)(F)F)c1ccc(N2CCC(O)CC2)cc1. The molecule has 1 aromatic carbocycles. The van der Waals surface area contributed by atoms with Gasteiger partial charge in [0.2, 0.25) is 0 Å². The van der Waals surface area contributed by atoms with Gasteiger partial charge < -0.3 is 15.3 Å². The zero-order valence-corrected chi connectivity index (χ0v) is 12.1. The number of nitrogens with zero attached hydrogens (tertiary/aromatic N) is 1. The van der Waals surface area contributed by atoms with E-state index in [0.29, 0.717) is 18.4 Å². The lowest BCUT2D eigenvalue weighted by Crippen LogP contribution is -2.35. The first-order chi connectivity index (χ1) is 10.3. The molecular weight excluding hydrogens is 297 g/mol. The molecule has 2 rings (SSSR count). The van der Waals surface area contributed by atoms with Crippen LogP contribution in [0, 0.1) is 0 Å². The van der Waals surface area contributed by atoms with E-state index in [9.17, 15) is 23.1 Å². The number of aliphatic hydroxyl groups is 1. The zero-order valence-electron chi connectivity index (χ0n) is 12.1. The molecule has 0 saturated carbocycles. The molecule has 0 spiro atoms. The van der Waals surface area contributed by atoms with Crippen molar-refractivity contribution in [1.82, 2.24) is 5.32 Å². The Bertz CT molecular complexity index is 495. The van der Waals surface area contributed by atoms with Crippen molar-refractivity contribution >= 4 is 11.6 Å². The Balaban J connectivity index is 1.87. The Hall–Kier alpha value is -1.76. The molecule has 1 aliphatic heterocycles. The van der Waals surface area contributed by atoms with Crippen molar-refractivity contribution in [3.05, 3.63) is 29.8 Å². The molecule has 4 nitrogen and oxygen atoms in total. The van der Waals surface area contributed by atoms with Gasteiger partial charge in [0, 0.05) is 30.9 Å². The molecule has 0 bridgehead atoms. The van der Waals surface area contributed by atoms with E-state index in [-0.39, 0.29) is 6.10 Å². The van der Waals surface area contributed by atoms with Gasteiger partial charge in [-0.05, 0) is 37.1 Å². The number of carbonyl (C=O) groups is 1. The predicted octanol–water partition coefficient (Wildman–Crippen LogP) is 2.33. The van der Waals surface area contributed by atoms with Gasteiger partial charge in [0.1, 0.15) is 0 Å². The first kappa shape index (κ1) is 16.6. The molecule has 0 unspecified atom stereocenters. The standard InChI is InChI=1S/C15H19F3N2O2/c16-15(17,18)7-8-19-14(22)11-1-3-12(4-2-11)20-9-5-13(21)6-10-20/h1-4,13,21H,5-10H2,(H,19,22). The van der Waals surface area contributed by atoms with Crippen molar-refractivity contribution in [2.24, 2.45) is 0 Å². The third-order valence-corrected chi connectivity index (χ3v) is 3.65. The van der Waals surface area contributed by atoms with E-state index in [1.807, 2.05) is 0 Å². The van der Waals surface area contributed by atoms with Gasteiger partial charge in [-0.1, -0.05) is 0 Å². The maximum atomic E-state index is 12.0. The molecule has 1 saturated heterocycles. The van der Waals surface area contributed by atoms with Crippen LogP contribution in [0.25, 0.3) is 0 Å². The third kappa shape index (κ3) is 4.91. The predicted molar refractivity (Wildman–Crippen MR) is 76.9 cm³/mol. The highest BCUT2D eigenvalue weighted by Crippen LogP contribution is 2.21. The van der Waals surface area contributed by atoms with Crippen LogP contribution in [-0.4, -0.2) is 42.9 Å². The van der Waals surface area contributed by atoms with E-state index in [2.05, 4.69) is 10.2 Å². The van der Waals surface area contributed by atoms with Crippen molar-refractivity contribution in [2.45, 2.75) is 31.5 Å². The zero-order chi connectivity index (χ0) is 16.2. The van der Waals surface area contributed by atoms with E-state index in [0.717, 1.165) is 18.8 Å². The second-order valence-corrected chi connectivity index (χ2v) is 5.39. The summed E-state index contributed by atoms with van der Waals surface area (Å²) in [5.41, 5.74) is 1.28. The minimum atomic E-state index is -4.27. The summed E-state index contributed by atoms with van der Waals surface area (Å²) >= 11 is 0. The van der Waals surface area contributed by atoms with Crippen molar-refractivity contribution in [3.63, 3.8) is 0 Å². The van der Waals surface area contributed by atoms with E-state index < -0.39 is 25.0 Å². The van der Waals surface area contributed by atoms with Crippen LogP contribution in [0.5, 0.6) is 0 Å². The van der Waals surface area contributed by atoms with Crippen LogP contribution in [0.3, 0.4) is 0 Å². The van der Waals surface area contributed by atoms with Gasteiger partial charge in [-0.15, -0.1) is 0 Å². The Morgan fingerprint density at radius 3 is 2.36 bits per heavy atom. The fourth-order valence-electron chi connectivity index (χ4n) is 2.37. The molecule has 0 atom stereocenters. The Kier molecular flexibility index (Phi) is 5.28. The fraction of sp³-hybridized carbons (Fsp3) is 0.533. The van der Waals surface area contributed by atoms with E-state index in [1.165, 1.54) is 0 Å². The first-order valence-corrected chi connectivity index (χ1v) is 7.23. The summed E-state index contributed by atoms with van der Waals surface area (Å²) in [6.45, 7) is 1.07. The number of piperidine rings is 1. The maximum absolute atomic E-state index is 12.0. The van der Waals surface area contributed by atoms with E-state index in [4.69, 9.17) is 0 Å². The maximum Gasteiger partial charge on any atom is 0.390 e. The van der Waals surface area contributed by atoms with Gasteiger partial charge in [0.15, 0.2) is 0 Å². The number of amides is 1. The summed E-state index contributed by atoms with van der Waals surface area (Å²) in [6.07, 6.45) is -4.14. The number of anilines is 1. The number of rotatable bonds is 4. The highest BCUT2D eigenvalue weighted by molar-refractivity contribution is 5.94. The molecule has 1 heterocycles. The number of aliphatic hydroxyl groups excluding tert-OH is 1. The number of nitrogens with one attached hydrogen (secondary N) is 1. The topological polar surface area (TPSA) is 52.6 Å². The molecule has 122 valence electrons. The summed E-state index contributed by atoms with van der Waals surface area (Å²) in [7, 11) is 0. The smallest absolute Gasteiger partial charge is 0.390 e. The molecule has 1 aliphatic rings. The molecule has 22 heavy (non-hydrogen) atoms. The van der Waals surface area contributed by atoms with Crippen LogP contribution in [0.4, 0.5) is 18.9 Å². The summed E-state index contributed by atoms with van der Waals surface area (Å²) in [5, 5.41) is 11.7. The molecule has 0 radical (unpaired) electrons. The van der Waals surface area contributed by atoms with E-state index >= 15 is 0 Å². The number of halogens is 3. The molecule has 7 heteroatoms. The number of benzene rings is 1. The Labute approximate surface area is 126 Å². The van der Waals surface area contributed by atoms with Gasteiger partial charge in [-0.3, -0.25) is 4.79 Å². The van der Waals surface area contributed by atoms with Crippen LogP contribution in [-0.2, 0) is 0 Å². The van der Waals surface area contributed by atoms with Crippen LogP contribution in [0.2, 0.25) is 0 Å². The molecule has 0 aromatic heterocycles. The van der Waals surface area contributed by atoms with Gasteiger partial charge in [0.25, 0.3) is 5.91 Å². The number of hydrogen-bond acceptors (Lipinski definition) is 3. The van der Waals surface area contributed by atoms with Crippen molar-refractivity contribution in [1.29, 1.82) is 0 Å². The van der Waals surface area contributed by atoms with Gasteiger partial charge in [-0.25, -0.2) is 0 Å². The lowest BCUT2D eigenvalue weighted by Gasteiger charge is -2.31. The minimum absolute atomic E-state index is 0.255. The molecule has 1 aromatic rings. The fourth-order valence-corrected chi connectivity index (χ4v) is 2.37. The number of alkyl halides is 3. The number of hydrogen-bond donors (Lipinski definition) is 2. The van der Waals surface area contributed by atoms with Crippen molar-refractivity contribution < 1.29 is 23.1 Å². The quantitative estimate of drug-likeness (QED) is 0.896. The molecule has 1 fully saturated rings. The first-order valence-electron chi connectivity index (χ1n) is 7.23. The highest BCUT2D eigenvalue weighted by Gasteiger charge is 2.26. The van der Waals surface area contributed by atoms with Crippen LogP contribution < -0.4 is 10.2 Å². The van der Waals surface area contributed by atoms with Gasteiger partial charge >= 0.3 is 6.18 Å².